The summed E-state index contributed by atoms with van der Waals surface area (Å²) in [6.07, 6.45) is 4.04. The van der Waals surface area contributed by atoms with Crippen LogP contribution in [0.5, 0.6) is 0 Å². The van der Waals surface area contributed by atoms with Crippen molar-refractivity contribution < 1.29 is 9.59 Å². The Balaban J connectivity index is 1.86. The van der Waals surface area contributed by atoms with Gasteiger partial charge in [0.15, 0.2) is 11.2 Å². The summed E-state index contributed by atoms with van der Waals surface area (Å²) in [7, 11) is 0. The van der Waals surface area contributed by atoms with Crippen LogP contribution in [0.15, 0.2) is 71.9 Å². The summed E-state index contributed by atoms with van der Waals surface area (Å²) in [4.78, 5) is 26.6. The minimum absolute atomic E-state index is 0.181. The fourth-order valence-electron chi connectivity index (χ4n) is 4.09. The number of rotatable bonds is 2. The summed E-state index contributed by atoms with van der Waals surface area (Å²) in [5, 5.41) is 5.90. The third-order valence-electron chi connectivity index (χ3n) is 5.35. The maximum atomic E-state index is 13.5. The van der Waals surface area contributed by atoms with Crippen LogP contribution in [-0.4, -0.2) is 17.4 Å². The Morgan fingerprint density at radius 3 is 2.54 bits per heavy atom. The normalized spacial score (nSPS) is 25.1. The zero-order chi connectivity index (χ0) is 18.3. The number of carbonyl (C=O) groups excluding carboxylic acids is 2. The molecule has 2 aliphatic rings. The van der Waals surface area contributed by atoms with Crippen LogP contribution in [-0.2, 0) is 9.59 Å². The SMILES string of the molecule is CC1=NN(c2ccccc2)C(=O)[C@@]12C(=O)C=CC[C@H]2c1cccc(C)c1. The quantitative estimate of drug-likeness (QED) is 0.773. The number of ketones is 1. The van der Waals surface area contributed by atoms with Gasteiger partial charge in [-0.25, -0.2) is 0 Å². The fraction of sp³-hybridized carbons (Fsp3) is 0.227. The molecule has 130 valence electrons. The fourth-order valence-corrected chi connectivity index (χ4v) is 4.09. The van der Waals surface area contributed by atoms with Gasteiger partial charge in [0.05, 0.1) is 11.4 Å². The van der Waals surface area contributed by atoms with Gasteiger partial charge in [0.2, 0.25) is 0 Å². The third-order valence-corrected chi connectivity index (χ3v) is 5.35. The van der Waals surface area contributed by atoms with E-state index in [9.17, 15) is 9.59 Å². The lowest BCUT2D eigenvalue weighted by molar-refractivity contribution is -0.134. The van der Waals surface area contributed by atoms with Crippen LogP contribution in [0.1, 0.15) is 30.4 Å². The summed E-state index contributed by atoms with van der Waals surface area (Å²) in [6.45, 7) is 3.81. The maximum absolute atomic E-state index is 13.5. The van der Waals surface area contributed by atoms with Crippen molar-refractivity contribution in [1.29, 1.82) is 0 Å². The van der Waals surface area contributed by atoms with Gasteiger partial charge < -0.3 is 0 Å². The first kappa shape index (κ1) is 16.5. The van der Waals surface area contributed by atoms with Crippen molar-refractivity contribution in [3.63, 3.8) is 0 Å². The molecular weight excluding hydrogens is 324 g/mol. The highest BCUT2D eigenvalue weighted by molar-refractivity contribution is 6.34. The van der Waals surface area contributed by atoms with Crippen molar-refractivity contribution in [2.75, 3.05) is 5.01 Å². The Morgan fingerprint density at radius 1 is 1.04 bits per heavy atom. The largest absolute Gasteiger partial charge is 0.293 e. The van der Waals surface area contributed by atoms with Crippen LogP contribution in [0, 0.1) is 12.3 Å². The number of aryl methyl sites for hydroxylation is 1. The maximum Gasteiger partial charge on any atom is 0.267 e. The van der Waals surface area contributed by atoms with Gasteiger partial charge in [-0.2, -0.15) is 10.1 Å². The predicted molar refractivity (Wildman–Crippen MR) is 102 cm³/mol. The number of carbonyl (C=O) groups is 2. The van der Waals surface area contributed by atoms with Crippen LogP contribution in [0.3, 0.4) is 0 Å². The summed E-state index contributed by atoms with van der Waals surface area (Å²) in [6, 6.07) is 17.3. The molecule has 2 aromatic carbocycles. The standard InChI is InChI=1S/C22H20N2O2/c1-15-8-6-9-17(14-15)19-12-7-13-20(25)22(19)16(2)23-24(21(22)26)18-10-4-3-5-11-18/h3-11,13-14,19H,12H2,1-2H3/t19-,22-/m0/s1. The van der Waals surface area contributed by atoms with E-state index < -0.39 is 5.41 Å². The molecule has 0 radical (unpaired) electrons. The molecule has 4 nitrogen and oxygen atoms in total. The van der Waals surface area contributed by atoms with Gasteiger partial charge in [-0.05, 0) is 44.0 Å². The minimum Gasteiger partial charge on any atom is -0.293 e. The third kappa shape index (κ3) is 2.25. The molecular formula is C22H20N2O2. The Hall–Kier alpha value is -3.01. The number of hydrogen-bond acceptors (Lipinski definition) is 3. The van der Waals surface area contributed by atoms with E-state index in [0.29, 0.717) is 17.8 Å². The zero-order valence-electron chi connectivity index (χ0n) is 14.8. The van der Waals surface area contributed by atoms with E-state index in [1.165, 1.54) is 11.1 Å². The lowest BCUT2D eigenvalue weighted by Crippen LogP contribution is -2.50. The van der Waals surface area contributed by atoms with E-state index in [1.807, 2.05) is 61.5 Å². The second-order valence-electron chi connectivity index (χ2n) is 6.91. The minimum atomic E-state index is -1.25. The van der Waals surface area contributed by atoms with Crippen LogP contribution in [0.25, 0.3) is 0 Å². The Kier molecular flexibility index (Phi) is 3.83. The number of nitrogens with zero attached hydrogens (tertiary/aromatic N) is 2. The Bertz CT molecular complexity index is 946. The van der Waals surface area contributed by atoms with Crippen molar-refractivity contribution in [1.82, 2.24) is 0 Å². The summed E-state index contributed by atoms with van der Waals surface area (Å²) in [5.41, 5.74) is 2.10. The molecule has 1 amide bonds. The highest BCUT2D eigenvalue weighted by Crippen LogP contribution is 2.49. The van der Waals surface area contributed by atoms with Crippen molar-refractivity contribution in [2.45, 2.75) is 26.2 Å². The smallest absolute Gasteiger partial charge is 0.267 e. The predicted octanol–water partition coefficient (Wildman–Crippen LogP) is 4.02. The Morgan fingerprint density at radius 2 is 1.81 bits per heavy atom. The number of allylic oxidation sites excluding steroid dienone is 2. The number of para-hydroxylation sites is 1. The van der Waals surface area contributed by atoms with Gasteiger partial charge in [-0.3, -0.25) is 9.59 Å². The van der Waals surface area contributed by atoms with Gasteiger partial charge in [0.25, 0.3) is 5.91 Å². The average molecular weight is 344 g/mol. The number of hydrazone groups is 1. The van der Waals surface area contributed by atoms with E-state index in [1.54, 1.807) is 6.92 Å². The molecule has 4 rings (SSSR count). The average Bonchev–Trinajstić information content (AvgIpc) is 2.91. The monoisotopic (exact) mass is 344 g/mol. The van der Waals surface area contributed by atoms with E-state index >= 15 is 0 Å². The molecule has 0 bridgehead atoms. The van der Waals surface area contributed by atoms with Crippen molar-refractivity contribution in [3.05, 3.63) is 77.9 Å². The van der Waals surface area contributed by atoms with E-state index in [4.69, 9.17) is 0 Å². The summed E-state index contributed by atoms with van der Waals surface area (Å²) in [5.74, 6) is -0.688. The van der Waals surface area contributed by atoms with Gasteiger partial charge in [0.1, 0.15) is 0 Å². The van der Waals surface area contributed by atoms with Crippen molar-refractivity contribution >= 4 is 23.1 Å². The summed E-state index contributed by atoms with van der Waals surface area (Å²) >= 11 is 0. The topological polar surface area (TPSA) is 49.7 Å². The first-order valence-electron chi connectivity index (χ1n) is 8.78. The molecule has 0 saturated carbocycles. The number of hydrogen-bond donors (Lipinski definition) is 0. The van der Waals surface area contributed by atoms with E-state index in [-0.39, 0.29) is 17.6 Å². The first-order chi connectivity index (χ1) is 12.5. The van der Waals surface area contributed by atoms with Gasteiger partial charge in [-0.1, -0.05) is 54.1 Å². The molecule has 2 atom stereocenters. The van der Waals surface area contributed by atoms with E-state index in [0.717, 1.165) is 11.1 Å². The van der Waals surface area contributed by atoms with Gasteiger partial charge in [-0.15, -0.1) is 0 Å². The zero-order valence-corrected chi connectivity index (χ0v) is 14.8. The lowest BCUT2D eigenvalue weighted by atomic mass is 9.62. The molecule has 0 unspecified atom stereocenters. The highest BCUT2D eigenvalue weighted by Gasteiger charge is 2.60. The summed E-state index contributed by atoms with van der Waals surface area (Å²) < 4.78 is 0. The van der Waals surface area contributed by atoms with Crippen LogP contribution >= 0.6 is 0 Å². The molecule has 1 aliphatic heterocycles. The molecule has 0 N–H and O–H groups in total. The molecule has 4 heteroatoms. The number of benzene rings is 2. The number of amides is 1. The molecule has 2 aromatic rings. The van der Waals surface area contributed by atoms with Crippen molar-refractivity contribution in [2.24, 2.45) is 10.5 Å². The number of anilines is 1. The van der Waals surface area contributed by atoms with Crippen LogP contribution < -0.4 is 5.01 Å². The first-order valence-corrected chi connectivity index (χ1v) is 8.78. The lowest BCUT2D eigenvalue weighted by Gasteiger charge is -2.36. The highest BCUT2D eigenvalue weighted by atomic mass is 16.2. The molecule has 0 fully saturated rings. The van der Waals surface area contributed by atoms with Crippen LogP contribution in [0.2, 0.25) is 0 Å². The molecule has 1 spiro atoms. The van der Waals surface area contributed by atoms with Gasteiger partial charge >= 0.3 is 0 Å². The molecule has 1 heterocycles. The second kappa shape index (κ2) is 6.06. The molecule has 0 saturated heterocycles. The van der Waals surface area contributed by atoms with E-state index in [2.05, 4.69) is 11.2 Å². The molecule has 26 heavy (non-hydrogen) atoms. The van der Waals surface area contributed by atoms with Crippen molar-refractivity contribution in [3.8, 4) is 0 Å². The molecule has 1 aliphatic carbocycles. The van der Waals surface area contributed by atoms with Gasteiger partial charge in [0, 0.05) is 5.92 Å². The van der Waals surface area contributed by atoms with Crippen LogP contribution in [0.4, 0.5) is 5.69 Å². The second-order valence-corrected chi connectivity index (χ2v) is 6.91. The Labute approximate surface area is 152 Å². The molecule has 0 aromatic heterocycles.